The number of benzene rings is 2. The molecule has 5 nitrogen and oxygen atoms in total. The maximum Gasteiger partial charge on any atom is 0.417 e. The van der Waals surface area contributed by atoms with Crippen LogP contribution in [0.25, 0.3) is 11.3 Å². The van der Waals surface area contributed by atoms with Crippen molar-refractivity contribution in [1.29, 1.82) is 5.26 Å². The van der Waals surface area contributed by atoms with Crippen LogP contribution in [0.1, 0.15) is 66.9 Å². The van der Waals surface area contributed by atoms with E-state index in [1.165, 1.54) is 24.3 Å². The van der Waals surface area contributed by atoms with Gasteiger partial charge >= 0.3 is 6.18 Å². The number of fused-ring (bicyclic) bond motifs is 2. The second-order valence-corrected chi connectivity index (χ2v) is 10.2. The van der Waals surface area contributed by atoms with Gasteiger partial charge in [-0.3, -0.25) is 0 Å². The van der Waals surface area contributed by atoms with Crippen molar-refractivity contribution in [2.75, 3.05) is 4.90 Å². The monoisotopic (exact) mass is 511 g/mol. The Morgan fingerprint density at radius 1 is 1.05 bits per heavy atom. The fraction of sp³-hybridized carbons (Fsp3) is 0.429. The Balaban J connectivity index is 1.22. The van der Waals surface area contributed by atoms with Gasteiger partial charge in [0.05, 0.1) is 23.8 Å². The van der Waals surface area contributed by atoms with Crippen molar-refractivity contribution in [2.45, 2.75) is 75.4 Å². The van der Waals surface area contributed by atoms with Gasteiger partial charge in [-0.15, -0.1) is 0 Å². The third-order valence-corrected chi connectivity index (χ3v) is 7.78. The minimum absolute atomic E-state index is 0.00183. The molecule has 0 spiro atoms. The number of rotatable bonds is 6. The predicted octanol–water partition coefficient (Wildman–Crippen LogP) is 6.97. The summed E-state index contributed by atoms with van der Waals surface area (Å²) in [6.45, 7) is 0.131. The summed E-state index contributed by atoms with van der Waals surface area (Å²) < 4.78 is 67.3. The fourth-order valence-electron chi connectivity index (χ4n) is 5.92. The van der Waals surface area contributed by atoms with Crippen molar-refractivity contribution in [3.63, 3.8) is 0 Å². The summed E-state index contributed by atoms with van der Waals surface area (Å²) in [6, 6.07) is 12.4. The second-order valence-electron chi connectivity index (χ2n) is 10.2. The SMILES string of the molecule is N#Cc1ccc(N2[C@@H]3CC[C@H]2C[C@@H](OCc2c(-c4ccccc4C(F)(F)F)noc2C2CC2)C3)cc1F. The summed E-state index contributed by atoms with van der Waals surface area (Å²) in [5, 5.41) is 13.1. The van der Waals surface area contributed by atoms with Gasteiger partial charge in [0.25, 0.3) is 0 Å². The van der Waals surface area contributed by atoms with Crippen molar-refractivity contribution in [3.05, 3.63) is 70.7 Å². The van der Waals surface area contributed by atoms with Gasteiger partial charge in [-0.25, -0.2) is 4.39 Å². The molecule has 3 aromatic rings. The highest BCUT2D eigenvalue weighted by molar-refractivity contribution is 5.68. The molecular weight excluding hydrogens is 486 g/mol. The molecule has 192 valence electrons. The van der Waals surface area contributed by atoms with E-state index in [0.29, 0.717) is 11.3 Å². The molecule has 2 aliphatic heterocycles. The van der Waals surface area contributed by atoms with Crippen LogP contribution >= 0.6 is 0 Å². The number of piperidine rings is 1. The number of alkyl halides is 3. The number of hydrogen-bond acceptors (Lipinski definition) is 5. The van der Waals surface area contributed by atoms with Crippen LogP contribution < -0.4 is 4.90 Å². The largest absolute Gasteiger partial charge is 0.417 e. The van der Waals surface area contributed by atoms with E-state index in [-0.39, 0.29) is 47.5 Å². The van der Waals surface area contributed by atoms with Crippen molar-refractivity contribution >= 4 is 5.69 Å². The lowest BCUT2D eigenvalue weighted by Crippen LogP contribution is -2.45. The summed E-state index contributed by atoms with van der Waals surface area (Å²) in [5.41, 5.74) is 0.849. The van der Waals surface area contributed by atoms with Gasteiger partial charge in [-0.05, 0) is 62.8 Å². The van der Waals surface area contributed by atoms with E-state index in [2.05, 4.69) is 10.1 Å². The zero-order chi connectivity index (χ0) is 25.7. The Morgan fingerprint density at radius 2 is 1.78 bits per heavy atom. The normalized spacial score (nSPS) is 23.3. The molecule has 1 saturated carbocycles. The second kappa shape index (κ2) is 9.18. The minimum Gasteiger partial charge on any atom is -0.373 e. The molecule has 3 heterocycles. The topological polar surface area (TPSA) is 62.3 Å². The molecule has 9 heteroatoms. The molecule has 0 unspecified atom stereocenters. The number of anilines is 1. The Bertz CT molecular complexity index is 1340. The van der Waals surface area contributed by atoms with E-state index in [4.69, 9.17) is 14.5 Å². The number of nitrogens with zero attached hydrogens (tertiary/aromatic N) is 3. The molecule has 1 aliphatic carbocycles. The lowest BCUT2D eigenvalue weighted by Gasteiger charge is -2.40. The van der Waals surface area contributed by atoms with Gasteiger partial charge in [-0.2, -0.15) is 18.4 Å². The van der Waals surface area contributed by atoms with E-state index >= 15 is 0 Å². The smallest absolute Gasteiger partial charge is 0.373 e. The molecule has 37 heavy (non-hydrogen) atoms. The summed E-state index contributed by atoms with van der Waals surface area (Å²) in [5.74, 6) is 0.271. The third-order valence-electron chi connectivity index (χ3n) is 7.78. The lowest BCUT2D eigenvalue weighted by atomic mass is 9.97. The summed E-state index contributed by atoms with van der Waals surface area (Å²) in [6.07, 6.45) is 0.633. The first-order valence-corrected chi connectivity index (χ1v) is 12.6. The number of nitriles is 1. The maximum atomic E-state index is 14.3. The summed E-state index contributed by atoms with van der Waals surface area (Å²) in [4.78, 5) is 2.23. The molecule has 2 saturated heterocycles. The van der Waals surface area contributed by atoms with Crippen molar-refractivity contribution in [1.82, 2.24) is 5.16 Å². The Hall–Kier alpha value is -3.38. The lowest BCUT2D eigenvalue weighted by molar-refractivity contribution is -0.137. The summed E-state index contributed by atoms with van der Waals surface area (Å²) in [7, 11) is 0. The zero-order valence-corrected chi connectivity index (χ0v) is 20.0. The molecule has 0 radical (unpaired) electrons. The van der Waals surface area contributed by atoms with Crippen LogP contribution in [0, 0.1) is 17.1 Å². The Morgan fingerprint density at radius 3 is 2.43 bits per heavy atom. The molecule has 2 aromatic carbocycles. The van der Waals surface area contributed by atoms with E-state index in [9.17, 15) is 17.6 Å². The van der Waals surface area contributed by atoms with Crippen molar-refractivity contribution in [2.24, 2.45) is 0 Å². The van der Waals surface area contributed by atoms with Crippen LogP contribution in [-0.2, 0) is 17.5 Å². The Labute approximate surface area is 211 Å². The number of halogens is 4. The first-order valence-electron chi connectivity index (χ1n) is 12.6. The molecule has 3 atom stereocenters. The molecule has 2 bridgehead atoms. The fourth-order valence-corrected chi connectivity index (χ4v) is 5.92. The van der Waals surface area contributed by atoms with Gasteiger partial charge in [0.1, 0.15) is 23.3 Å². The molecule has 3 fully saturated rings. The van der Waals surface area contributed by atoms with Crippen molar-refractivity contribution < 1.29 is 26.8 Å². The van der Waals surface area contributed by atoms with Gasteiger partial charge in [-0.1, -0.05) is 23.4 Å². The molecule has 3 aliphatic rings. The van der Waals surface area contributed by atoms with Gasteiger partial charge < -0.3 is 14.2 Å². The first-order chi connectivity index (χ1) is 17.8. The van der Waals surface area contributed by atoms with Gasteiger partial charge in [0.2, 0.25) is 0 Å². The average Bonchev–Trinajstić information content (AvgIpc) is 3.58. The quantitative estimate of drug-likeness (QED) is 0.335. The van der Waals surface area contributed by atoms with E-state index in [0.717, 1.165) is 50.3 Å². The highest BCUT2D eigenvalue weighted by Crippen LogP contribution is 2.47. The van der Waals surface area contributed by atoms with Crippen LogP contribution in [0.4, 0.5) is 23.2 Å². The van der Waals surface area contributed by atoms with Crippen molar-refractivity contribution in [3.8, 4) is 17.3 Å². The van der Waals surface area contributed by atoms with E-state index < -0.39 is 17.6 Å². The Kier molecular flexibility index (Phi) is 5.95. The minimum atomic E-state index is -4.51. The van der Waals surface area contributed by atoms with Crippen LogP contribution in [0.5, 0.6) is 0 Å². The number of aromatic nitrogens is 1. The molecule has 0 amide bonds. The van der Waals surface area contributed by atoms with E-state index in [1.54, 1.807) is 12.1 Å². The molecular formula is C28H25F4N3O2. The molecule has 1 aromatic heterocycles. The predicted molar refractivity (Wildman–Crippen MR) is 127 cm³/mol. The standard InChI is InChI=1S/C28H25F4N3O2/c29-25-13-20(8-7-17(25)14-33)35-18-9-10-19(35)12-21(11-18)36-15-23-26(34-37-27(23)16-5-6-16)22-3-1-2-4-24(22)28(30,31)32/h1-4,7-8,13,16,18-19,21H,5-6,9-12,15H2/t18-,19+,21+. The van der Waals surface area contributed by atoms with Crippen LogP contribution in [-0.4, -0.2) is 23.3 Å². The maximum absolute atomic E-state index is 14.3. The zero-order valence-electron chi connectivity index (χ0n) is 20.0. The van der Waals surface area contributed by atoms with Crippen LogP contribution in [0.15, 0.2) is 47.0 Å². The summed E-state index contributed by atoms with van der Waals surface area (Å²) >= 11 is 0. The van der Waals surface area contributed by atoms with Crippen LogP contribution in [0.3, 0.4) is 0 Å². The highest BCUT2D eigenvalue weighted by atomic mass is 19.4. The molecule has 6 rings (SSSR count). The molecule has 0 N–H and O–H groups in total. The highest BCUT2D eigenvalue weighted by Gasteiger charge is 2.42. The van der Waals surface area contributed by atoms with Gasteiger partial charge in [0, 0.05) is 34.8 Å². The van der Waals surface area contributed by atoms with Gasteiger partial charge in [0.15, 0.2) is 0 Å². The number of ether oxygens (including phenoxy) is 1. The third kappa shape index (κ3) is 4.48. The number of hydrogen-bond donors (Lipinski definition) is 0. The van der Waals surface area contributed by atoms with Crippen LogP contribution in [0.2, 0.25) is 0 Å². The van der Waals surface area contributed by atoms with E-state index in [1.807, 2.05) is 6.07 Å². The average molecular weight is 512 g/mol. The first kappa shape index (κ1) is 24.0.